The summed E-state index contributed by atoms with van der Waals surface area (Å²) < 4.78 is 5.35. The number of unbranched alkanes of at least 4 members (excludes halogenated alkanes) is 3. The minimum atomic E-state index is 0.537. The molecule has 0 aromatic rings. The van der Waals surface area contributed by atoms with Gasteiger partial charge in [0.2, 0.25) is 0 Å². The van der Waals surface area contributed by atoms with E-state index in [2.05, 4.69) is 13.5 Å². The molecule has 0 aliphatic carbocycles. The number of nitrogens with two attached hydrogens (primary N) is 1. The average Bonchev–Trinajstić information content (AvgIpc) is 2.10. The van der Waals surface area contributed by atoms with Gasteiger partial charge in [0.1, 0.15) is 0 Å². The smallest absolute Gasteiger partial charge is 0.0686 e. The lowest BCUT2D eigenvalue weighted by molar-refractivity contribution is 0.151. The first kappa shape index (κ1) is 11.7. The molecule has 0 radical (unpaired) electrons. The Morgan fingerprint density at radius 2 is 2.08 bits per heavy atom. The maximum atomic E-state index is 5.35. The van der Waals surface area contributed by atoms with Crippen molar-refractivity contribution in [1.82, 2.24) is 0 Å². The van der Waals surface area contributed by atoms with E-state index in [9.17, 15) is 0 Å². The van der Waals surface area contributed by atoms with E-state index in [1.165, 1.54) is 19.3 Å². The zero-order chi connectivity index (χ0) is 9.23. The monoisotopic (exact) mass is 171 g/mol. The highest BCUT2D eigenvalue weighted by atomic mass is 16.5. The lowest BCUT2D eigenvalue weighted by Gasteiger charge is -2.04. The van der Waals surface area contributed by atoms with Crippen molar-refractivity contribution >= 4 is 0 Å². The van der Waals surface area contributed by atoms with Gasteiger partial charge in [0.25, 0.3) is 0 Å². The Balaban J connectivity index is 2.95. The molecule has 0 spiro atoms. The van der Waals surface area contributed by atoms with Gasteiger partial charge in [-0.25, -0.2) is 0 Å². The van der Waals surface area contributed by atoms with Crippen LogP contribution in [-0.2, 0) is 4.74 Å². The quantitative estimate of drug-likeness (QED) is 0.448. The lowest BCUT2D eigenvalue weighted by atomic mass is 10.2. The van der Waals surface area contributed by atoms with Crippen molar-refractivity contribution in [2.75, 3.05) is 19.8 Å². The van der Waals surface area contributed by atoms with Crippen LogP contribution in [0.3, 0.4) is 0 Å². The summed E-state index contributed by atoms with van der Waals surface area (Å²) in [7, 11) is 0. The molecule has 0 amide bonds. The number of hydrogen-bond acceptors (Lipinski definition) is 2. The van der Waals surface area contributed by atoms with Gasteiger partial charge in [0.05, 0.1) is 6.61 Å². The molecule has 0 unspecified atom stereocenters. The fraction of sp³-hybridized carbons (Fsp3) is 0.800. The SMILES string of the molecule is C=C(CN)COCCCCCC. The Bertz CT molecular complexity index is 112. The molecule has 0 aromatic heterocycles. The van der Waals surface area contributed by atoms with E-state index < -0.39 is 0 Å². The van der Waals surface area contributed by atoms with E-state index in [1.54, 1.807) is 0 Å². The molecule has 0 fully saturated rings. The number of hydrogen-bond donors (Lipinski definition) is 1. The van der Waals surface area contributed by atoms with Crippen LogP contribution in [-0.4, -0.2) is 19.8 Å². The van der Waals surface area contributed by atoms with Gasteiger partial charge < -0.3 is 10.5 Å². The largest absolute Gasteiger partial charge is 0.377 e. The predicted molar refractivity (Wildman–Crippen MR) is 53.2 cm³/mol. The van der Waals surface area contributed by atoms with Gasteiger partial charge in [-0.05, 0) is 12.0 Å². The third-order valence-electron chi connectivity index (χ3n) is 1.74. The van der Waals surface area contributed by atoms with E-state index in [-0.39, 0.29) is 0 Å². The van der Waals surface area contributed by atoms with E-state index in [0.717, 1.165) is 18.6 Å². The molecule has 2 nitrogen and oxygen atoms in total. The molecule has 0 aliphatic rings. The standard InChI is InChI=1S/C10H21NO/c1-3-4-5-6-7-12-9-10(2)8-11/h2-9,11H2,1H3. The highest BCUT2D eigenvalue weighted by Gasteiger charge is 1.91. The molecule has 0 saturated carbocycles. The van der Waals surface area contributed by atoms with E-state index in [0.29, 0.717) is 13.2 Å². The van der Waals surface area contributed by atoms with Crippen molar-refractivity contribution in [3.05, 3.63) is 12.2 Å². The van der Waals surface area contributed by atoms with Gasteiger partial charge in [0.15, 0.2) is 0 Å². The summed E-state index contributed by atoms with van der Waals surface area (Å²) in [5, 5.41) is 0. The fourth-order valence-corrected chi connectivity index (χ4v) is 0.906. The van der Waals surface area contributed by atoms with Crippen LogP contribution in [0, 0.1) is 0 Å². The zero-order valence-electron chi connectivity index (χ0n) is 8.14. The second kappa shape index (κ2) is 8.75. The van der Waals surface area contributed by atoms with E-state index in [4.69, 9.17) is 10.5 Å². The van der Waals surface area contributed by atoms with Crippen molar-refractivity contribution < 1.29 is 4.74 Å². The topological polar surface area (TPSA) is 35.2 Å². The maximum absolute atomic E-state index is 5.35. The third kappa shape index (κ3) is 7.76. The summed E-state index contributed by atoms with van der Waals surface area (Å²) >= 11 is 0. The van der Waals surface area contributed by atoms with Gasteiger partial charge in [-0.1, -0.05) is 32.8 Å². The minimum Gasteiger partial charge on any atom is -0.377 e. The van der Waals surface area contributed by atoms with Crippen molar-refractivity contribution in [3.63, 3.8) is 0 Å². The number of ether oxygens (including phenoxy) is 1. The third-order valence-corrected chi connectivity index (χ3v) is 1.74. The van der Waals surface area contributed by atoms with E-state index in [1.807, 2.05) is 0 Å². The molecular weight excluding hydrogens is 150 g/mol. The molecule has 0 saturated heterocycles. The van der Waals surface area contributed by atoms with Crippen molar-refractivity contribution in [2.24, 2.45) is 5.73 Å². The summed E-state index contributed by atoms with van der Waals surface area (Å²) in [5.74, 6) is 0. The van der Waals surface area contributed by atoms with Crippen LogP contribution >= 0.6 is 0 Å². The Morgan fingerprint density at radius 3 is 2.67 bits per heavy atom. The van der Waals surface area contributed by atoms with Crippen LogP contribution in [0.25, 0.3) is 0 Å². The number of rotatable bonds is 8. The highest BCUT2D eigenvalue weighted by molar-refractivity contribution is 4.95. The molecule has 0 atom stereocenters. The summed E-state index contributed by atoms with van der Waals surface area (Å²) in [6.45, 7) is 7.97. The molecule has 0 aliphatic heterocycles. The lowest BCUT2D eigenvalue weighted by Crippen LogP contribution is -2.08. The van der Waals surface area contributed by atoms with Crippen LogP contribution in [0.2, 0.25) is 0 Å². The van der Waals surface area contributed by atoms with Crippen LogP contribution in [0.4, 0.5) is 0 Å². The average molecular weight is 171 g/mol. The zero-order valence-corrected chi connectivity index (χ0v) is 8.14. The first-order valence-corrected chi connectivity index (χ1v) is 4.75. The first-order chi connectivity index (χ1) is 5.81. The van der Waals surface area contributed by atoms with Gasteiger partial charge in [-0.3, -0.25) is 0 Å². The summed E-state index contributed by atoms with van der Waals surface area (Å²) in [6, 6.07) is 0. The minimum absolute atomic E-state index is 0.537. The fourth-order valence-electron chi connectivity index (χ4n) is 0.906. The molecule has 72 valence electrons. The first-order valence-electron chi connectivity index (χ1n) is 4.75. The molecular formula is C10H21NO. The van der Waals surface area contributed by atoms with Crippen LogP contribution in [0.1, 0.15) is 32.6 Å². The normalized spacial score (nSPS) is 10.2. The molecule has 0 rings (SSSR count). The predicted octanol–water partition coefficient (Wildman–Crippen LogP) is 2.10. The Kier molecular flexibility index (Phi) is 8.51. The molecule has 2 N–H and O–H groups in total. The van der Waals surface area contributed by atoms with Crippen LogP contribution < -0.4 is 5.73 Å². The molecule has 0 heterocycles. The summed E-state index contributed by atoms with van der Waals surface area (Å²) in [5.41, 5.74) is 6.33. The van der Waals surface area contributed by atoms with Gasteiger partial charge in [0, 0.05) is 13.2 Å². The summed E-state index contributed by atoms with van der Waals surface area (Å²) in [6.07, 6.45) is 5.01. The molecule has 0 bridgehead atoms. The molecule has 12 heavy (non-hydrogen) atoms. The second-order valence-electron chi connectivity index (χ2n) is 3.07. The van der Waals surface area contributed by atoms with Crippen LogP contribution in [0.15, 0.2) is 12.2 Å². The second-order valence-corrected chi connectivity index (χ2v) is 3.07. The summed E-state index contributed by atoms with van der Waals surface area (Å²) in [4.78, 5) is 0. The van der Waals surface area contributed by atoms with Gasteiger partial charge >= 0.3 is 0 Å². The molecule has 0 aromatic carbocycles. The molecule has 2 heteroatoms. The highest BCUT2D eigenvalue weighted by Crippen LogP contribution is 1.99. The Morgan fingerprint density at radius 1 is 1.33 bits per heavy atom. The van der Waals surface area contributed by atoms with Gasteiger partial charge in [-0.15, -0.1) is 0 Å². The Labute approximate surface area is 75.8 Å². The van der Waals surface area contributed by atoms with Crippen molar-refractivity contribution in [2.45, 2.75) is 32.6 Å². The Hall–Kier alpha value is -0.340. The van der Waals surface area contributed by atoms with Gasteiger partial charge in [-0.2, -0.15) is 0 Å². The van der Waals surface area contributed by atoms with E-state index >= 15 is 0 Å². The van der Waals surface area contributed by atoms with Crippen molar-refractivity contribution in [3.8, 4) is 0 Å². The van der Waals surface area contributed by atoms with Crippen LogP contribution in [0.5, 0.6) is 0 Å². The maximum Gasteiger partial charge on any atom is 0.0686 e. The van der Waals surface area contributed by atoms with Crippen molar-refractivity contribution in [1.29, 1.82) is 0 Å².